The van der Waals surface area contributed by atoms with Crippen molar-refractivity contribution in [1.82, 2.24) is 20.9 Å². The second-order valence-corrected chi connectivity index (χ2v) is 10.8. The molecule has 3 rings (SSSR count). The summed E-state index contributed by atoms with van der Waals surface area (Å²) in [6, 6.07) is 7.90. The van der Waals surface area contributed by atoms with E-state index in [1.807, 2.05) is 43.1 Å². The normalized spacial score (nSPS) is 20.5. The monoisotopic (exact) mass is 520 g/mol. The molecule has 2 fully saturated rings. The molecule has 3 atom stereocenters. The Morgan fingerprint density at radius 1 is 1.17 bits per heavy atom. The highest BCUT2D eigenvalue weighted by molar-refractivity contribution is 6.30. The zero-order valence-corrected chi connectivity index (χ0v) is 22.8. The van der Waals surface area contributed by atoms with Gasteiger partial charge in [-0.1, -0.05) is 55.8 Å². The van der Waals surface area contributed by atoms with Crippen LogP contribution in [0.1, 0.15) is 76.4 Å². The van der Waals surface area contributed by atoms with E-state index in [9.17, 15) is 9.59 Å². The number of hydrogen-bond donors (Lipinski definition) is 3. The van der Waals surface area contributed by atoms with Gasteiger partial charge in [-0.15, -0.1) is 0 Å². The van der Waals surface area contributed by atoms with Gasteiger partial charge in [-0.3, -0.25) is 4.79 Å². The minimum atomic E-state index is -0.218. The second kappa shape index (κ2) is 15.4. The summed E-state index contributed by atoms with van der Waals surface area (Å²) in [5, 5.41) is 10.1. The molecule has 36 heavy (non-hydrogen) atoms. The maximum absolute atomic E-state index is 13.3. The van der Waals surface area contributed by atoms with Crippen LogP contribution in [0.3, 0.4) is 0 Å². The Balaban J connectivity index is 1.63. The number of benzene rings is 1. The van der Waals surface area contributed by atoms with Gasteiger partial charge in [0, 0.05) is 49.6 Å². The molecule has 0 aromatic heterocycles. The zero-order valence-electron chi connectivity index (χ0n) is 22.1. The summed E-state index contributed by atoms with van der Waals surface area (Å²) in [6.07, 6.45) is 9.53. The van der Waals surface area contributed by atoms with Crippen LogP contribution in [0.15, 0.2) is 24.3 Å². The molecule has 0 radical (unpaired) electrons. The van der Waals surface area contributed by atoms with Crippen molar-refractivity contribution >= 4 is 23.5 Å². The molecule has 1 aromatic rings. The third kappa shape index (κ3) is 9.24. The summed E-state index contributed by atoms with van der Waals surface area (Å²) in [6.45, 7) is 5.01. The molecular formula is C28H45ClN4O3. The van der Waals surface area contributed by atoms with E-state index in [4.69, 9.17) is 16.3 Å². The Morgan fingerprint density at radius 3 is 2.69 bits per heavy atom. The molecule has 8 heteroatoms. The van der Waals surface area contributed by atoms with E-state index in [0.717, 1.165) is 37.9 Å². The fourth-order valence-corrected chi connectivity index (χ4v) is 5.92. The molecular weight excluding hydrogens is 476 g/mol. The van der Waals surface area contributed by atoms with Crippen LogP contribution < -0.4 is 16.0 Å². The number of likely N-dealkylation sites (N-methyl/N-ethyl adjacent to an activating group) is 1. The minimum Gasteiger partial charge on any atom is -0.373 e. The van der Waals surface area contributed by atoms with E-state index in [2.05, 4.69) is 16.0 Å². The molecule has 1 aliphatic carbocycles. The van der Waals surface area contributed by atoms with E-state index in [-0.39, 0.29) is 30.0 Å². The first-order valence-corrected chi connectivity index (χ1v) is 14.2. The van der Waals surface area contributed by atoms with E-state index in [0.29, 0.717) is 37.1 Å². The highest BCUT2D eigenvalue weighted by Gasteiger charge is 2.32. The maximum atomic E-state index is 13.3. The lowest BCUT2D eigenvalue weighted by Crippen LogP contribution is -2.52. The van der Waals surface area contributed by atoms with Gasteiger partial charge in [0.15, 0.2) is 0 Å². The first-order valence-electron chi connectivity index (χ1n) is 13.8. The molecule has 1 aromatic carbocycles. The first kappa shape index (κ1) is 28.7. The Kier molecular flexibility index (Phi) is 12.3. The standard InChI is InChI=1S/C28H45ClN4O3/c1-3-31-26(34)14-16-36-27(22-11-7-13-24(29)18-22)23-12-8-15-33(20-23)28(35)32-25(19-30-2)17-21-9-5-4-6-10-21/h7,11,13,18,21,23,25,27,30H,3-6,8-10,12,14-17,19-20H2,1-2H3,(H,31,34)(H,32,35)/t23-,25+,27-/m1/s1. The van der Waals surface area contributed by atoms with Gasteiger partial charge in [0.2, 0.25) is 5.91 Å². The summed E-state index contributed by atoms with van der Waals surface area (Å²) < 4.78 is 6.30. The molecule has 1 heterocycles. The van der Waals surface area contributed by atoms with E-state index < -0.39 is 0 Å². The predicted octanol–water partition coefficient (Wildman–Crippen LogP) is 4.90. The maximum Gasteiger partial charge on any atom is 0.317 e. The quantitative estimate of drug-likeness (QED) is 0.366. The highest BCUT2D eigenvalue weighted by atomic mass is 35.5. The van der Waals surface area contributed by atoms with Crippen molar-refractivity contribution in [2.24, 2.45) is 11.8 Å². The Morgan fingerprint density at radius 2 is 1.97 bits per heavy atom. The number of nitrogens with one attached hydrogen (secondary N) is 3. The number of likely N-dealkylation sites (tertiary alicyclic amines) is 1. The van der Waals surface area contributed by atoms with Gasteiger partial charge in [-0.25, -0.2) is 4.79 Å². The van der Waals surface area contributed by atoms with Crippen LogP contribution >= 0.6 is 11.6 Å². The van der Waals surface area contributed by atoms with Crippen molar-refractivity contribution < 1.29 is 14.3 Å². The molecule has 0 spiro atoms. The lowest BCUT2D eigenvalue weighted by Gasteiger charge is -2.38. The van der Waals surface area contributed by atoms with Gasteiger partial charge in [-0.05, 0) is 56.8 Å². The van der Waals surface area contributed by atoms with Gasteiger partial charge in [-0.2, -0.15) is 0 Å². The Labute approximate surface area is 222 Å². The summed E-state index contributed by atoms with van der Waals surface area (Å²) in [5.41, 5.74) is 0.996. The van der Waals surface area contributed by atoms with Gasteiger partial charge in [0.05, 0.1) is 12.7 Å². The average Bonchev–Trinajstić information content (AvgIpc) is 2.87. The SMILES string of the molecule is CCNC(=O)CCO[C@H](c1cccc(Cl)c1)[C@@H]1CCCN(C(=O)N[C@H](CNC)CC2CCCCC2)C1. The third-order valence-corrected chi connectivity index (χ3v) is 7.71. The van der Waals surface area contributed by atoms with Crippen LogP contribution in [-0.2, 0) is 9.53 Å². The number of piperidine rings is 1. The van der Waals surface area contributed by atoms with Gasteiger partial charge in [0.25, 0.3) is 0 Å². The molecule has 0 bridgehead atoms. The lowest BCUT2D eigenvalue weighted by atomic mass is 9.85. The predicted molar refractivity (Wildman–Crippen MR) is 145 cm³/mol. The first-order chi connectivity index (χ1) is 17.5. The van der Waals surface area contributed by atoms with E-state index in [1.165, 1.54) is 32.1 Å². The Bertz CT molecular complexity index is 818. The van der Waals surface area contributed by atoms with Crippen LogP contribution in [0.25, 0.3) is 0 Å². The van der Waals surface area contributed by atoms with Gasteiger partial charge >= 0.3 is 6.03 Å². The van der Waals surface area contributed by atoms with Crippen LogP contribution in [0.4, 0.5) is 4.79 Å². The lowest BCUT2D eigenvalue weighted by molar-refractivity contribution is -0.123. The summed E-state index contributed by atoms with van der Waals surface area (Å²) >= 11 is 6.30. The number of urea groups is 1. The number of amides is 3. The Hall–Kier alpha value is -1.83. The van der Waals surface area contributed by atoms with Crippen LogP contribution in [0.2, 0.25) is 5.02 Å². The largest absolute Gasteiger partial charge is 0.373 e. The van der Waals surface area contributed by atoms with Crippen LogP contribution in [0.5, 0.6) is 0 Å². The topological polar surface area (TPSA) is 82.7 Å². The fraction of sp³-hybridized carbons (Fsp3) is 0.714. The molecule has 3 amide bonds. The summed E-state index contributed by atoms with van der Waals surface area (Å²) in [5.74, 6) is 0.829. The molecule has 7 nitrogen and oxygen atoms in total. The van der Waals surface area contributed by atoms with Crippen molar-refractivity contribution in [3.63, 3.8) is 0 Å². The van der Waals surface area contributed by atoms with E-state index >= 15 is 0 Å². The molecule has 202 valence electrons. The molecule has 3 N–H and O–H groups in total. The number of hydrogen-bond acceptors (Lipinski definition) is 4. The van der Waals surface area contributed by atoms with Gasteiger partial charge in [0.1, 0.15) is 0 Å². The highest BCUT2D eigenvalue weighted by Crippen LogP contribution is 2.34. The van der Waals surface area contributed by atoms with Crippen molar-refractivity contribution in [3.8, 4) is 0 Å². The van der Waals surface area contributed by atoms with Crippen molar-refractivity contribution in [3.05, 3.63) is 34.9 Å². The van der Waals surface area contributed by atoms with Crippen molar-refractivity contribution in [1.29, 1.82) is 0 Å². The van der Waals surface area contributed by atoms with Crippen molar-refractivity contribution in [2.45, 2.75) is 76.9 Å². The zero-order chi connectivity index (χ0) is 25.8. The minimum absolute atomic E-state index is 0.0134. The second-order valence-electron chi connectivity index (χ2n) is 10.3. The van der Waals surface area contributed by atoms with Crippen LogP contribution in [0, 0.1) is 11.8 Å². The molecule has 1 saturated heterocycles. The molecule has 2 aliphatic rings. The van der Waals surface area contributed by atoms with E-state index in [1.54, 1.807) is 0 Å². The average molecular weight is 521 g/mol. The number of carbonyl (C=O) groups is 2. The molecule has 0 unspecified atom stereocenters. The molecule has 1 aliphatic heterocycles. The number of ether oxygens (including phenoxy) is 1. The third-order valence-electron chi connectivity index (χ3n) is 7.47. The van der Waals surface area contributed by atoms with Crippen LogP contribution in [-0.4, -0.2) is 62.7 Å². The summed E-state index contributed by atoms with van der Waals surface area (Å²) in [7, 11) is 1.95. The molecule has 1 saturated carbocycles. The van der Waals surface area contributed by atoms with Gasteiger partial charge < -0.3 is 25.6 Å². The number of rotatable bonds is 12. The number of nitrogens with zero attached hydrogens (tertiary/aromatic N) is 1. The number of halogens is 1. The smallest absolute Gasteiger partial charge is 0.317 e. The van der Waals surface area contributed by atoms with Crippen molar-refractivity contribution in [2.75, 3.05) is 39.8 Å². The summed E-state index contributed by atoms with van der Waals surface area (Å²) in [4.78, 5) is 27.2. The number of carbonyl (C=O) groups excluding carboxylic acids is 2. The fourth-order valence-electron chi connectivity index (χ4n) is 5.72.